The molecule has 0 radical (unpaired) electrons. The van der Waals surface area contributed by atoms with Gasteiger partial charge in [0.2, 0.25) is 0 Å². The molecule has 0 heterocycles. The van der Waals surface area contributed by atoms with Gasteiger partial charge in [0.25, 0.3) is 0 Å². The summed E-state index contributed by atoms with van der Waals surface area (Å²) in [6.07, 6.45) is 2.93. The second-order valence-corrected chi connectivity index (χ2v) is 5.19. The van der Waals surface area contributed by atoms with Crippen LogP contribution in [0.3, 0.4) is 0 Å². The van der Waals surface area contributed by atoms with Crippen LogP contribution in [-0.2, 0) is 0 Å². The van der Waals surface area contributed by atoms with E-state index in [0.717, 1.165) is 21.9 Å². The maximum absolute atomic E-state index is 3.70. The molecule has 0 fully saturated rings. The number of halogens is 2. The molecular formula is C12H15Br2N. The summed E-state index contributed by atoms with van der Waals surface area (Å²) in [5.74, 6) is 0. The summed E-state index contributed by atoms with van der Waals surface area (Å²) in [5, 5.41) is 3.44. The topological polar surface area (TPSA) is 12.0 Å². The van der Waals surface area contributed by atoms with Gasteiger partial charge in [0.05, 0.1) is 0 Å². The molecule has 1 unspecified atom stereocenters. The highest BCUT2D eigenvalue weighted by molar-refractivity contribution is 9.11. The lowest BCUT2D eigenvalue weighted by Crippen LogP contribution is -2.19. The first-order valence-corrected chi connectivity index (χ1v) is 6.53. The molecule has 1 rings (SSSR count). The monoisotopic (exact) mass is 331 g/mol. The lowest BCUT2D eigenvalue weighted by molar-refractivity contribution is 0.579. The van der Waals surface area contributed by atoms with Gasteiger partial charge < -0.3 is 5.32 Å². The van der Waals surface area contributed by atoms with Crippen LogP contribution in [-0.4, -0.2) is 6.54 Å². The van der Waals surface area contributed by atoms with E-state index in [-0.39, 0.29) is 0 Å². The van der Waals surface area contributed by atoms with E-state index in [1.165, 1.54) is 5.56 Å². The van der Waals surface area contributed by atoms with Crippen LogP contribution in [0.1, 0.15) is 24.9 Å². The van der Waals surface area contributed by atoms with Gasteiger partial charge in [-0.2, -0.15) is 0 Å². The smallest absolute Gasteiger partial charge is 0.0303 e. The molecule has 0 bridgehead atoms. The van der Waals surface area contributed by atoms with E-state index in [2.05, 4.69) is 68.9 Å². The summed E-state index contributed by atoms with van der Waals surface area (Å²) < 4.78 is 2.23. The van der Waals surface area contributed by atoms with Gasteiger partial charge in [0.1, 0.15) is 0 Å². The van der Waals surface area contributed by atoms with Gasteiger partial charge in [-0.3, -0.25) is 0 Å². The van der Waals surface area contributed by atoms with E-state index in [1.54, 1.807) is 0 Å². The second kappa shape index (κ2) is 6.46. The quantitative estimate of drug-likeness (QED) is 0.621. The van der Waals surface area contributed by atoms with E-state index in [9.17, 15) is 0 Å². The third-order valence-corrected chi connectivity index (χ3v) is 3.41. The Morgan fingerprint density at radius 1 is 1.47 bits per heavy atom. The van der Waals surface area contributed by atoms with Gasteiger partial charge in [-0.15, -0.1) is 6.58 Å². The van der Waals surface area contributed by atoms with Gasteiger partial charge in [-0.05, 0) is 37.6 Å². The van der Waals surface area contributed by atoms with Crippen molar-refractivity contribution in [3.63, 3.8) is 0 Å². The van der Waals surface area contributed by atoms with Crippen LogP contribution in [0.25, 0.3) is 0 Å². The Morgan fingerprint density at radius 2 is 2.20 bits per heavy atom. The molecule has 0 saturated heterocycles. The molecule has 0 aliphatic rings. The van der Waals surface area contributed by atoms with E-state index in [1.807, 2.05) is 6.08 Å². The number of hydrogen-bond acceptors (Lipinski definition) is 1. The molecule has 0 aliphatic carbocycles. The van der Waals surface area contributed by atoms with Crippen molar-refractivity contribution in [3.8, 4) is 0 Å². The fourth-order valence-electron chi connectivity index (χ4n) is 1.36. The number of nitrogens with one attached hydrogen (secondary N) is 1. The third-order valence-electron chi connectivity index (χ3n) is 2.23. The first-order chi connectivity index (χ1) is 7.15. The highest BCUT2D eigenvalue weighted by Gasteiger charge is 2.08. The molecule has 1 nitrogen and oxygen atoms in total. The Hall–Kier alpha value is -0.120. The molecule has 1 aromatic carbocycles. The molecule has 0 spiro atoms. The SMILES string of the molecule is C=CCCNC(C)c1ccc(Br)cc1Br. The first-order valence-electron chi connectivity index (χ1n) is 4.94. The summed E-state index contributed by atoms with van der Waals surface area (Å²) in [6, 6.07) is 6.61. The van der Waals surface area contributed by atoms with E-state index in [0.29, 0.717) is 6.04 Å². The Kier molecular flexibility index (Phi) is 5.58. The molecule has 0 saturated carbocycles. The van der Waals surface area contributed by atoms with Crippen molar-refractivity contribution in [2.24, 2.45) is 0 Å². The van der Waals surface area contributed by atoms with Gasteiger partial charge in [-0.1, -0.05) is 44.0 Å². The lowest BCUT2D eigenvalue weighted by Gasteiger charge is -2.15. The zero-order valence-electron chi connectivity index (χ0n) is 8.76. The number of rotatable bonds is 5. The summed E-state index contributed by atoms with van der Waals surface area (Å²) >= 11 is 7.01. The average molecular weight is 333 g/mol. The van der Waals surface area contributed by atoms with Crippen molar-refractivity contribution in [2.75, 3.05) is 6.54 Å². The standard InChI is InChI=1S/C12H15Br2N/c1-3-4-7-15-9(2)11-6-5-10(13)8-12(11)14/h3,5-6,8-9,15H,1,4,7H2,2H3. The Morgan fingerprint density at radius 3 is 2.80 bits per heavy atom. The minimum absolute atomic E-state index is 0.354. The summed E-state index contributed by atoms with van der Waals surface area (Å²) in [5.41, 5.74) is 1.28. The Bertz CT molecular complexity index is 336. The molecule has 15 heavy (non-hydrogen) atoms. The molecule has 1 atom stereocenters. The van der Waals surface area contributed by atoms with E-state index >= 15 is 0 Å². The van der Waals surface area contributed by atoms with Crippen molar-refractivity contribution in [2.45, 2.75) is 19.4 Å². The summed E-state index contributed by atoms with van der Waals surface area (Å²) in [7, 11) is 0. The summed E-state index contributed by atoms with van der Waals surface area (Å²) in [6.45, 7) is 6.83. The van der Waals surface area contributed by atoms with Crippen molar-refractivity contribution in [1.82, 2.24) is 5.32 Å². The Labute approximate surface area is 108 Å². The molecule has 0 aliphatic heterocycles. The molecule has 0 amide bonds. The van der Waals surface area contributed by atoms with Gasteiger partial charge >= 0.3 is 0 Å². The van der Waals surface area contributed by atoms with Crippen LogP contribution >= 0.6 is 31.9 Å². The van der Waals surface area contributed by atoms with Crippen LogP contribution in [0.4, 0.5) is 0 Å². The fraction of sp³-hybridized carbons (Fsp3) is 0.333. The molecule has 82 valence electrons. The number of benzene rings is 1. The van der Waals surface area contributed by atoms with Gasteiger partial charge in [0, 0.05) is 15.0 Å². The van der Waals surface area contributed by atoms with Crippen LogP contribution in [0, 0.1) is 0 Å². The normalized spacial score (nSPS) is 12.5. The number of hydrogen-bond donors (Lipinski definition) is 1. The first kappa shape index (κ1) is 12.9. The zero-order valence-corrected chi connectivity index (χ0v) is 11.9. The van der Waals surface area contributed by atoms with E-state index < -0.39 is 0 Å². The highest BCUT2D eigenvalue weighted by atomic mass is 79.9. The minimum Gasteiger partial charge on any atom is -0.310 e. The molecular weight excluding hydrogens is 318 g/mol. The van der Waals surface area contributed by atoms with Crippen molar-refractivity contribution >= 4 is 31.9 Å². The van der Waals surface area contributed by atoms with Crippen LogP contribution in [0.5, 0.6) is 0 Å². The maximum Gasteiger partial charge on any atom is 0.0303 e. The second-order valence-electron chi connectivity index (χ2n) is 3.42. The van der Waals surface area contributed by atoms with Crippen molar-refractivity contribution < 1.29 is 0 Å². The minimum atomic E-state index is 0.354. The summed E-state index contributed by atoms with van der Waals surface area (Å²) in [4.78, 5) is 0. The van der Waals surface area contributed by atoms with Crippen molar-refractivity contribution in [3.05, 3.63) is 45.4 Å². The molecule has 3 heteroatoms. The largest absolute Gasteiger partial charge is 0.310 e. The molecule has 0 aromatic heterocycles. The van der Waals surface area contributed by atoms with Crippen molar-refractivity contribution in [1.29, 1.82) is 0 Å². The van der Waals surface area contributed by atoms with Gasteiger partial charge in [0.15, 0.2) is 0 Å². The van der Waals surface area contributed by atoms with Gasteiger partial charge in [-0.25, -0.2) is 0 Å². The predicted molar refractivity (Wildman–Crippen MR) is 73.1 cm³/mol. The van der Waals surface area contributed by atoms with Crippen LogP contribution in [0.2, 0.25) is 0 Å². The lowest BCUT2D eigenvalue weighted by atomic mass is 10.1. The Balaban J connectivity index is 2.64. The van der Waals surface area contributed by atoms with Crippen LogP contribution < -0.4 is 5.32 Å². The fourth-order valence-corrected chi connectivity index (χ4v) is 2.75. The third kappa shape index (κ3) is 4.09. The van der Waals surface area contributed by atoms with Crippen LogP contribution in [0.15, 0.2) is 39.8 Å². The predicted octanol–water partition coefficient (Wildman–Crippen LogP) is 4.44. The average Bonchev–Trinajstić information content (AvgIpc) is 2.17. The molecule has 1 N–H and O–H groups in total. The maximum atomic E-state index is 3.70. The zero-order chi connectivity index (χ0) is 11.3. The van der Waals surface area contributed by atoms with E-state index in [4.69, 9.17) is 0 Å². The molecule has 1 aromatic rings. The highest BCUT2D eigenvalue weighted by Crippen LogP contribution is 2.26.